The van der Waals surface area contributed by atoms with Gasteiger partial charge in [-0.05, 0) is 37.8 Å². The van der Waals surface area contributed by atoms with E-state index >= 15 is 0 Å². The number of amides is 3. The third-order valence-electron chi connectivity index (χ3n) is 5.08. The number of hydrogen-bond acceptors (Lipinski definition) is 6. The summed E-state index contributed by atoms with van der Waals surface area (Å²) in [5, 5.41) is 5.02. The quantitative estimate of drug-likeness (QED) is 0.519. The highest BCUT2D eigenvalue weighted by atomic mass is 32.2. The number of benzene rings is 1. The van der Waals surface area contributed by atoms with E-state index < -0.39 is 24.5 Å². The second kappa shape index (κ2) is 11.2. The Labute approximate surface area is 175 Å². The first-order valence-corrected chi connectivity index (χ1v) is 11.2. The summed E-state index contributed by atoms with van der Waals surface area (Å²) >= 11 is 1.55. The molecule has 2 aliphatic rings. The molecule has 0 spiro atoms. The fourth-order valence-corrected chi connectivity index (χ4v) is 4.67. The minimum Gasteiger partial charge on any atom is -0.452 e. The van der Waals surface area contributed by atoms with E-state index in [9.17, 15) is 14.4 Å². The van der Waals surface area contributed by atoms with Gasteiger partial charge in [-0.2, -0.15) is 0 Å². The van der Waals surface area contributed by atoms with Gasteiger partial charge in [0.1, 0.15) is 0 Å². The molecule has 0 aromatic heterocycles. The summed E-state index contributed by atoms with van der Waals surface area (Å²) < 4.78 is 10.7. The molecule has 1 aliphatic carbocycles. The summed E-state index contributed by atoms with van der Waals surface area (Å²) in [4.78, 5) is 37.1. The van der Waals surface area contributed by atoms with Crippen LogP contribution in [0.1, 0.15) is 55.3 Å². The van der Waals surface area contributed by atoms with Crippen LogP contribution in [0.15, 0.2) is 29.2 Å². The molecular weight excluding hydrogens is 392 g/mol. The monoisotopic (exact) mass is 420 g/mol. The zero-order valence-corrected chi connectivity index (χ0v) is 17.3. The van der Waals surface area contributed by atoms with Crippen LogP contribution in [0.2, 0.25) is 0 Å². The van der Waals surface area contributed by atoms with Gasteiger partial charge in [0.05, 0.1) is 11.7 Å². The van der Waals surface area contributed by atoms with Crippen molar-refractivity contribution in [3.63, 3.8) is 0 Å². The molecule has 0 radical (unpaired) electrons. The summed E-state index contributed by atoms with van der Waals surface area (Å²) in [7, 11) is 0. The first-order chi connectivity index (χ1) is 14.1. The predicted molar refractivity (Wildman–Crippen MR) is 110 cm³/mol. The van der Waals surface area contributed by atoms with E-state index in [4.69, 9.17) is 9.47 Å². The van der Waals surface area contributed by atoms with Crippen LogP contribution < -0.4 is 10.6 Å². The lowest BCUT2D eigenvalue weighted by Gasteiger charge is -2.22. The van der Waals surface area contributed by atoms with Crippen LogP contribution in [0.4, 0.5) is 4.79 Å². The summed E-state index contributed by atoms with van der Waals surface area (Å²) in [6.45, 7) is 0.292. The molecule has 1 saturated heterocycles. The van der Waals surface area contributed by atoms with Gasteiger partial charge < -0.3 is 14.8 Å². The molecular formula is C21H28N2O5S. The minimum absolute atomic E-state index is 0.104. The third kappa shape index (κ3) is 7.04. The Kier molecular flexibility index (Phi) is 8.37. The lowest BCUT2D eigenvalue weighted by Crippen LogP contribution is -2.46. The third-order valence-corrected chi connectivity index (χ3v) is 6.29. The molecule has 7 nitrogen and oxygen atoms in total. The van der Waals surface area contributed by atoms with Gasteiger partial charge in [0.15, 0.2) is 6.61 Å². The normalized spacial score (nSPS) is 19.5. The van der Waals surface area contributed by atoms with Crippen LogP contribution in [0.5, 0.6) is 0 Å². The Morgan fingerprint density at radius 2 is 1.86 bits per heavy atom. The fraction of sp³-hybridized carbons (Fsp3) is 0.571. The minimum atomic E-state index is -0.642. The number of carbonyl (C=O) groups excluding carboxylic acids is 3. The number of hydrogen-bond donors (Lipinski definition) is 2. The molecule has 0 unspecified atom stereocenters. The first kappa shape index (κ1) is 21.6. The van der Waals surface area contributed by atoms with Crippen LogP contribution in [0.25, 0.3) is 0 Å². The molecule has 2 fully saturated rings. The molecule has 158 valence electrons. The number of imide groups is 1. The Morgan fingerprint density at radius 3 is 2.62 bits per heavy atom. The van der Waals surface area contributed by atoms with Crippen molar-refractivity contribution in [2.75, 3.05) is 19.0 Å². The molecule has 3 amide bonds. The van der Waals surface area contributed by atoms with E-state index in [0.717, 1.165) is 55.8 Å². The van der Waals surface area contributed by atoms with Gasteiger partial charge in [-0.15, -0.1) is 11.8 Å². The van der Waals surface area contributed by atoms with Crippen molar-refractivity contribution in [2.45, 2.75) is 62.0 Å². The van der Waals surface area contributed by atoms with Crippen molar-refractivity contribution < 1.29 is 23.9 Å². The molecule has 1 aromatic carbocycles. The van der Waals surface area contributed by atoms with E-state index in [2.05, 4.69) is 10.6 Å². The highest BCUT2D eigenvalue weighted by Gasteiger charge is 2.20. The average Bonchev–Trinajstić information content (AvgIpc) is 3.25. The van der Waals surface area contributed by atoms with Crippen molar-refractivity contribution in [1.82, 2.24) is 10.6 Å². The molecule has 0 bridgehead atoms. The first-order valence-electron chi connectivity index (χ1n) is 10.2. The van der Waals surface area contributed by atoms with Gasteiger partial charge in [-0.1, -0.05) is 31.4 Å². The van der Waals surface area contributed by atoms with Crippen LogP contribution in [0.3, 0.4) is 0 Å². The van der Waals surface area contributed by atoms with Gasteiger partial charge in [-0.25, -0.2) is 9.59 Å². The summed E-state index contributed by atoms with van der Waals surface area (Å²) in [6.07, 6.45) is 7.51. The molecule has 3 rings (SSSR count). The van der Waals surface area contributed by atoms with Crippen LogP contribution in [-0.4, -0.2) is 49.0 Å². The van der Waals surface area contributed by atoms with E-state index in [0.29, 0.717) is 5.56 Å². The Hall–Kier alpha value is -2.06. The maximum atomic E-state index is 12.4. The number of ether oxygens (including phenoxy) is 2. The molecule has 8 heteroatoms. The molecule has 1 atom stereocenters. The van der Waals surface area contributed by atoms with Gasteiger partial charge in [-0.3, -0.25) is 10.1 Å². The number of esters is 1. The molecule has 1 aliphatic heterocycles. The van der Waals surface area contributed by atoms with Gasteiger partial charge >= 0.3 is 12.0 Å². The maximum absolute atomic E-state index is 12.4. The fourth-order valence-electron chi connectivity index (χ4n) is 3.56. The summed E-state index contributed by atoms with van der Waals surface area (Å²) in [5.41, 5.74) is 0.412. The Bertz CT molecular complexity index is 715. The zero-order chi connectivity index (χ0) is 20.5. The zero-order valence-electron chi connectivity index (χ0n) is 16.5. The Balaban J connectivity index is 1.43. The second-order valence-electron chi connectivity index (χ2n) is 7.37. The van der Waals surface area contributed by atoms with E-state index in [1.165, 1.54) is 6.42 Å². The van der Waals surface area contributed by atoms with Crippen molar-refractivity contribution in [2.24, 2.45) is 0 Å². The van der Waals surface area contributed by atoms with Crippen molar-refractivity contribution in [3.8, 4) is 0 Å². The lowest BCUT2D eigenvalue weighted by molar-refractivity contribution is -0.123. The van der Waals surface area contributed by atoms with Crippen molar-refractivity contribution >= 4 is 29.7 Å². The smallest absolute Gasteiger partial charge is 0.339 e. The summed E-state index contributed by atoms with van der Waals surface area (Å²) in [6, 6.07) is 6.71. The van der Waals surface area contributed by atoms with E-state index in [1.807, 2.05) is 12.1 Å². The number of rotatable bonds is 7. The van der Waals surface area contributed by atoms with Crippen molar-refractivity contribution in [1.29, 1.82) is 0 Å². The van der Waals surface area contributed by atoms with Crippen LogP contribution in [0, 0.1) is 0 Å². The number of nitrogens with one attached hydrogen (secondary N) is 2. The topological polar surface area (TPSA) is 93.7 Å². The molecule has 2 N–H and O–H groups in total. The molecule has 29 heavy (non-hydrogen) atoms. The maximum Gasteiger partial charge on any atom is 0.339 e. The number of carbonyl (C=O) groups is 3. The summed E-state index contributed by atoms with van der Waals surface area (Å²) in [5.74, 6) is -0.453. The highest BCUT2D eigenvalue weighted by Crippen LogP contribution is 2.27. The van der Waals surface area contributed by atoms with Gasteiger partial charge in [0, 0.05) is 23.3 Å². The van der Waals surface area contributed by atoms with Gasteiger partial charge in [0.25, 0.3) is 5.91 Å². The predicted octanol–water partition coefficient (Wildman–Crippen LogP) is 3.27. The molecule has 1 aromatic rings. The second-order valence-corrected chi connectivity index (χ2v) is 8.44. The Morgan fingerprint density at radius 1 is 1.07 bits per heavy atom. The van der Waals surface area contributed by atoms with E-state index in [1.54, 1.807) is 23.9 Å². The van der Waals surface area contributed by atoms with E-state index in [-0.39, 0.29) is 12.1 Å². The number of thioether (sulfide) groups is 1. The lowest BCUT2D eigenvalue weighted by atomic mass is 9.96. The largest absolute Gasteiger partial charge is 0.452 e. The van der Waals surface area contributed by atoms with Crippen LogP contribution in [-0.2, 0) is 14.3 Å². The molecule has 1 heterocycles. The average molecular weight is 421 g/mol. The standard InChI is InChI=1S/C21H28N2O5S/c24-19(23-21(26)22-15-7-2-1-3-8-15)13-28-20(25)17-10-4-5-11-18(17)29-14-16-9-6-12-27-16/h4-5,10-11,15-16H,1-3,6-9,12-14H2,(H2,22,23,24,26)/t16-/m0/s1. The van der Waals surface area contributed by atoms with Gasteiger partial charge in [0.2, 0.25) is 0 Å². The van der Waals surface area contributed by atoms with Crippen molar-refractivity contribution in [3.05, 3.63) is 29.8 Å². The molecule has 1 saturated carbocycles. The highest BCUT2D eigenvalue weighted by molar-refractivity contribution is 7.99. The SMILES string of the molecule is O=C(COC(=O)c1ccccc1SC[C@@H]1CCCO1)NC(=O)NC1CCCCC1. The van der Waals surface area contributed by atoms with Crippen LogP contribution >= 0.6 is 11.8 Å². The number of urea groups is 1.